The summed E-state index contributed by atoms with van der Waals surface area (Å²) in [6.45, 7) is 2.44. The summed E-state index contributed by atoms with van der Waals surface area (Å²) in [6, 6.07) is 5.26. The van der Waals surface area contributed by atoms with Crippen molar-refractivity contribution in [2.24, 2.45) is 5.92 Å². The van der Waals surface area contributed by atoms with Gasteiger partial charge in [0.2, 0.25) is 0 Å². The number of carboxylic acid groups (broad SMARTS) is 1. The quantitative estimate of drug-likeness (QED) is 0.918. The zero-order valence-corrected chi connectivity index (χ0v) is 13.1. The Kier molecular flexibility index (Phi) is 6.30. The van der Waals surface area contributed by atoms with Crippen molar-refractivity contribution in [2.75, 3.05) is 19.7 Å². The summed E-state index contributed by atoms with van der Waals surface area (Å²) in [5.41, 5.74) is 0.784. The number of carbonyl (C=O) groups is 2. The second-order valence-electron chi connectivity index (χ2n) is 4.82. The molecule has 1 fully saturated rings. The molecule has 0 aromatic heterocycles. The van der Waals surface area contributed by atoms with Crippen molar-refractivity contribution in [3.63, 3.8) is 0 Å². The van der Waals surface area contributed by atoms with Crippen LogP contribution in [0.1, 0.15) is 12.0 Å². The molecule has 1 aromatic rings. The first-order valence-electron chi connectivity index (χ1n) is 6.37. The smallest absolute Gasteiger partial charge is 0.308 e. The van der Waals surface area contributed by atoms with Crippen molar-refractivity contribution in [3.8, 4) is 5.75 Å². The van der Waals surface area contributed by atoms with E-state index in [2.05, 4.69) is 0 Å². The molecule has 5 nitrogen and oxygen atoms in total. The Hall–Kier alpha value is -1.46. The van der Waals surface area contributed by atoms with Crippen molar-refractivity contribution in [1.82, 2.24) is 4.90 Å². The molecule has 1 atom stereocenters. The van der Waals surface area contributed by atoms with E-state index in [-0.39, 0.29) is 31.5 Å². The number of nitrogens with zero attached hydrogens (tertiary/aromatic N) is 1. The van der Waals surface area contributed by atoms with E-state index in [0.29, 0.717) is 23.7 Å². The average molecular weight is 334 g/mol. The van der Waals surface area contributed by atoms with Crippen molar-refractivity contribution in [1.29, 1.82) is 0 Å². The van der Waals surface area contributed by atoms with Crippen LogP contribution in [0.4, 0.5) is 0 Å². The first-order chi connectivity index (χ1) is 9.49. The number of hydrogen-bond donors (Lipinski definition) is 1. The molecule has 0 saturated carbocycles. The lowest BCUT2D eigenvalue weighted by Crippen LogP contribution is -2.33. The van der Waals surface area contributed by atoms with Gasteiger partial charge in [0.25, 0.3) is 5.91 Å². The second-order valence-corrected chi connectivity index (χ2v) is 5.22. The van der Waals surface area contributed by atoms with E-state index in [1.807, 2.05) is 6.92 Å². The number of amides is 1. The lowest BCUT2D eigenvalue weighted by Gasteiger charge is -2.17. The number of likely N-dealkylation sites (tertiary alicyclic amines) is 1. The minimum atomic E-state index is -0.855. The van der Waals surface area contributed by atoms with Crippen LogP contribution in [-0.2, 0) is 9.59 Å². The van der Waals surface area contributed by atoms with Crippen LogP contribution in [0.5, 0.6) is 5.75 Å². The summed E-state index contributed by atoms with van der Waals surface area (Å²) in [5, 5.41) is 9.49. The van der Waals surface area contributed by atoms with Gasteiger partial charge in [0, 0.05) is 23.7 Å². The van der Waals surface area contributed by atoms with Gasteiger partial charge in [-0.1, -0.05) is 17.7 Å². The van der Waals surface area contributed by atoms with Gasteiger partial charge in [-0.2, -0.15) is 0 Å². The maximum atomic E-state index is 12.0. The molecule has 1 N–H and O–H groups in total. The van der Waals surface area contributed by atoms with E-state index < -0.39 is 11.9 Å². The summed E-state index contributed by atoms with van der Waals surface area (Å²) in [7, 11) is 0. The highest BCUT2D eigenvalue weighted by atomic mass is 35.5. The molecular formula is C14H17Cl2NO4. The van der Waals surface area contributed by atoms with Crippen molar-refractivity contribution >= 4 is 35.9 Å². The normalized spacial score (nSPS) is 17.2. The molecule has 1 aliphatic heterocycles. The highest BCUT2D eigenvalue weighted by molar-refractivity contribution is 6.31. The van der Waals surface area contributed by atoms with Crippen LogP contribution in [0.15, 0.2) is 18.2 Å². The van der Waals surface area contributed by atoms with Gasteiger partial charge in [0.1, 0.15) is 5.75 Å². The molecule has 0 bridgehead atoms. The molecule has 2 rings (SSSR count). The molecule has 116 valence electrons. The molecule has 1 unspecified atom stereocenters. The maximum Gasteiger partial charge on any atom is 0.308 e. The Bertz CT molecular complexity index is 536. The zero-order chi connectivity index (χ0) is 14.7. The van der Waals surface area contributed by atoms with Crippen LogP contribution in [0, 0.1) is 12.8 Å². The fourth-order valence-electron chi connectivity index (χ4n) is 2.16. The molecule has 1 aliphatic rings. The van der Waals surface area contributed by atoms with Gasteiger partial charge in [-0.15, -0.1) is 12.4 Å². The number of halogens is 2. The lowest BCUT2D eigenvalue weighted by atomic mass is 10.1. The lowest BCUT2D eigenvalue weighted by molar-refractivity contribution is -0.141. The van der Waals surface area contributed by atoms with Crippen LogP contribution >= 0.6 is 24.0 Å². The zero-order valence-electron chi connectivity index (χ0n) is 11.5. The van der Waals surface area contributed by atoms with Gasteiger partial charge in [-0.05, 0) is 25.5 Å². The Morgan fingerprint density at radius 1 is 1.48 bits per heavy atom. The summed E-state index contributed by atoms with van der Waals surface area (Å²) in [5.74, 6) is -0.952. The fraction of sp³-hybridized carbons (Fsp3) is 0.429. The van der Waals surface area contributed by atoms with Gasteiger partial charge in [0.15, 0.2) is 6.61 Å². The topological polar surface area (TPSA) is 66.8 Å². The van der Waals surface area contributed by atoms with Crippen LogP contribution in [0.25, 0.3) is 0 Å². The SMILES string of the molecule is Cc1c(Cl)cccc1OCC(=O)N1CCC(C(=O)O)C1.Cl. The van der Waals surface area contributed by atoms with E-state index in [1.54, 1.807) is 18.2 Å². The van der Waals surface area contributed by atoms with E-state index in [0.717, 1.165) is 5.56 Å². The minimum absolute atomic E-state index is 0. The van der Waals surface area contributed by atoms with E-state index >= 15 is 0 Å². The molecule has 21 heavy (non-hydrogen) atoms. The number of hydrogen-bond acceptors (Lipinski definition) is 3. The molecular weight excluding hydrogens is 317 g/mol. The number of rotatable bonds is 4. The Labute approximate surface area is 134 Å². The number of carbonyl (C=O) groups excluding carboxylic acids is 1. The third kappa shape index (κ3) is 4.25. The van der Waals surface area contributed by atoms with E-state index in [9.17, 15) is 9.59 Å². The van der Waals surface area contributed by atoms with Crippen LogP contribution in [0.3, 0.4) is 0 Å². The molecule has 1 saturated heterocycles. The van der Waals surface area contributed by atoms with E-state index in [4.69, 9.17) is 21.4 Å². The first-order valence-corrected chi connectivity index (χ1v) is 6.75. The number of aliphatic carboxylic acids is 1. The highest BCUT2D eigenvalue weighted by Crippen LogP contribution is 2.25. The largest absolute Gasteiger partial charge is 0.483 e. The van der Waals surface area contributed by atoms with Gasteiger partial charge in [0.05, 0.1) is 5.92 Å². The van der Waals surface area contributed by atoms with Crippen LogP contribution in [0.2, 0.25) is 5.02 Å². The number of carboxylic acids is 1. The van der Waals surface area contributed by atoms with Gasteiger partial charge >= 0.3 is 5.97 Å². The fourth-order valence-corrected chi connectivity index (χ4v) is 2.33. The number of ether oxygens (including phenoxy) is 1. The molecule has 1 amide bonds. The predicted molar refractivity (Wildman–Crippen MR) is 81.3 cm³/mol. The van der Waals surface area contributed by atoms with Crippen LogP contribution < -0.4 is 4.74 Å². The maximum absolute atomic E-state index is 12.0. The Morgan fingerprint density at radius 2 is 2.19 bits per heavy atom. The minimum Gasteiger partial charge on any atom is -0.483 e. The highest BCUT2D eigenvalue weighted by Gasteiger charge is 2.30. The number of benzene rings is 1. The summed E-state index contributed by atoms with van der Waals surface area (Å²) < 4.78 is 5.46. The predicted octanol–water partition coefficient (Wildman–Crippen LogP) is 2.38. The van der Waals surface area contributed by atoms with Crippen molar-refractivity contribution in [3.05, 3.63) is 28.8 Å². The first kappa shape index (κ1) is 17.6. The molecule has 0 spiro atoms. The van der Waals surface area contributed by atoms with Gasteiger partial charge < -0.3 is 14.7 Å². The van der Waals surface area contributed by atoms with Crippen molar-refractivity contribution < 1.29 is 19.4 Å². The Morgan fingerprint density at radius 3 is 2.81 bits per heavy atom. The van der Waals surface area contributed by atoms with Crippen LogP contribution in [-0.4, -0.2) is 41.6 Å². The molecule has 0 radical (unpaired) electrons. The molecule has 1 aromatic carbocycles. The van der Waals surface area contributed by atoms with Crippen molar-refractivity contribution in [2.45, 2.75) is 13.3 Å². The summed E-state index contributed by atoms with van der Waals surface area (Å²) >= 11 is 5.97. The van der Waals surface area contributed by atoms with Gasteiger partial charge in [-0.25, -0.2) is 0 Å². The third-order valence-corrected chi connectivity index (χ3v) is 3.87. The Balaban J connectivity index is 0.00000220. The molecule has 1 heterocycles. The second kappa shape index (κ2) is 7.52. The summed E-state index contributed by atoms with van der Waals surface area (Å²) in [6.07, 6.45) is 0.497. The summed E-state index contributed by atoms with van der Waals surface area (Å²) in [4.78, 5) is 24.3. The molecule has 7 heteroatoms. The average Bonchev–Trinajstić information content (AvgIpc) is 2.90. The monoisotopic (exact) mass is 333 g/mol. The standard InChI is InChI=1S/C14H16ClNO4.ClH/c1-9-11(15)3-2-4-12(9)20-8-13(17)16-6-5-10(7-16)14(18)19;/h2-4,10H,5-8H2,1H3,(H,18,19);1H. The van der Waals surface area contributed by atoms with E-state index in [1.165, 1.54) is 4.90 Å². The third-order valence-electron chi connectivity index (χ3n) is 3.46. The molecule has 0 aliphatic carbocycles. The van der Waals surface area contributed by atoms with Gasteiger partial charge in [-0.3, -0.25) is 9.59 Å².